The van der Waals surface area contributed by atoms with Gasteiger partial charge in [0.15, 0.2) is 9.84 Å². The lowest BCUT2D eigenvalue weighted by Crippen LogP contribution is -2.44. The molecule has 1 aromatic carbocycles. The highest BCUT2D eigenvalue weighted by Gasteiger charge is 2.31. The Morgan fingerprint density at radius 3 is 2.44 bits per heavy atom. The summed E-state index contributed by atoms with van der Waals surface area (Å²) in [6.07, 6.45) is -0.949. The summed E-state index contributed by atoms with van der Waals surface area (Å²) in [6, 6.07) is 5.04. The largest absolute Gasteiger partial charge is 0.460 e. The first-order valence-corrected chi connectivity index (χ1v) is 10.6. The summed E-state index contributed by atoms with van der Waals surface area (Å²) in [4.78, 5) is 11.9. The number of nitrogens with one attached hydrogen (secondary N) is 1. The number of halogens is 1. The highest BCUT2D eigenvalue weighted by Crippen LogP contribution is 2.30. The molecule has 0 aliphatic carbocycles. The number of ether oxygens (including phenoxy) is 1. The zero-order valence-electron chi connectivity index (χ0n) is 16.2. The zero-order valence-corrected chi connectivity index (χ0v) is 17.0. The molecule has 8 heteroatoms. The minimum absolute atomic E-state index is 0.114. The molecule has 0 spiro atoms. The molecule has 0 saturated heterocycles. The minimum atomic E-state index is -3.65. The zero-order chi connectivity index (χ0) is 20.4. The molecule has 1 N–H and O–H groups in total. The van der Waals surface area contributed by atoms with Crippen molar-refractivity contribution in [3.63, 3.8) is 0 Å². The van der Waals surface area contributed by atoms with Crippen LogP contribution in [-0.4, -0.2) is 32.4 Å². The van der Waals surface area contributed by atoms with Gasteiger partial charge in [0.1, 0.15) is 22.4 Å². The van der Waals surface area contributed by atoms with Crippen molar-refractivity contribution < 1.29 is 26.8 Å². The highest BCUT2D eigenvalue weighted by atomic mass is 32.2. The van der Waals surface area contributed by atoms with E-state index in [0.29, 0.717) is 11.0 Å². The lowest BCUT2D eigenvalue weighted by Gasteiger charge is -2.24. The van der Waals surface area contributed by atoms with Crippen molar-refractivity contribution in [2.24, 2.45) is 5.92 Å². The molecular formula is C19H26FNO5S. The lowest BCUT2D eigenvalue weighted by atomic mass is 10.1. The maximum Gasteiger partial charge on any atom is 0.407 e. The monoisotopic (exact) mass is 399 g/mol. The van der Waals surface area contributed by atoms with Crippen molar-refractivity contribution in [3.8, 4) is 0 Å². The highest BCUT2D eigenvalue weighted by molar-refractivity contribution is 7.91. The fourth-order valence-corrected chi connectivity index (χ4v) is 4.33. The second-order valence-electron chi connectivity index (χ2n) is 7.25. The number of amides is 1. The summed E-state index contributed by atoms with van der Waals surface area (Å²) in [7, 11) is -3.65. The van der Waals surface area contributed by atoms with Crippen molar-refractivity contribution in [1.29, 1.82) is 0 Å². The van der Waals surface area contributed by atoms with Gasteiger partial charge in [-0.15, -0.1) is 0 Å². The number of rotatable bonds is 7. The molecule has 2 atom stereocenters. The van der Waals surface area contributed by atoms with Gasteiger partial charge in [0, 0.05) is 17.5 Å². The Morgan fingerprint density at radius 2 is 1.85 bits per heavy atom. The Kier molecular flexibility index (Phi) is 6.51. The molecule has 150 valence electrons. The molecule has 0 radical (unpaired) electrons. The number of hydrogen-bond acceptors (Lipinski definition) is 5. The molecule has 0 bridgehead atoms. The van der Waals surface area contributed by atoms with Gasteiger partial charge in [-0.3, -0.25) is 0 Å². The second kappa shape index (κ2) is 8.29. The fraction of sp³-hybridized carbons (Fsp3) is 0.526. The van der Waals surface area contributed by atoms with E-state index in [9.17, 15) is 17.6 Å². The SMILES string of the molecule is CC(C)OC(=O)N[C@H](CS(=O)(=O)C(C)c1cc2ccc(F)cc2o1)C(C)C. The van der Waals surface area contributed by atoms with Gasteiger partial charge in [-0.2, -0.15) is 0 Å². The van der Waals surface area contributed by atoms with Gasteiger partial charge >= 0.3 is 6.09 Å². The van der Waals surface area contributed by atoms with E-state index < -0.39 is 33.0 Å². The van der Waals surface area contributed by atoms with E-state index in [1.54, 1.807) is 19.9 Å². The topological polar surface area (TPSA) is 85.6 Å². The van der Waals surface area contributed by atoms with Gasteiger partial charge in [0.2, 0.25) is 0 Å². The van der Waals surface area contributed by atoms with Crippen LogP contribution in [0, 0.1) is 11.7 Å². The van der Waals surface area contributed by atoms with Crippen LogP contribution in [0.5, 0.6) is 0 Å². The molecule has 0 aliphatic rings. The van der Waals surface area contributed by atoms with Crippen LogP contribution in [0.1, 0.15) is 45.6 Å². The van der Waals surface area contributed by atoms with E-state index in [-0.39, 0.29) is 23.5 Å². The number of carbonyl (C=O) groups excluding carboxylic acids is 1. The molecule has 1 amide bonds. The normalized spacial score (nSPS) is 14.5. The van der Waals surface area contributed by atoms with Gasteiger partial charge < -0.3 is 14.5 Å². The number of benzene rings is 1. The van der Waals surface area contributed by atoms with Crippen molar-refractivity contribution in [2.45, 2.75) is 52.0 Å². The Morgan fingerprint density at radius 1 is 1.19 bits per heavy atom. The number of fused-ring (bicyclic) bond motifs is 1. The van der Waals surface area contributed by atoms with Crippen LogP contribution in [0.4, 0.5) is 9.18 Å². The lowest BCUT2D eigenvalue weighted by molar-refractivity contribution is 0.111. The summed E-state index contributed by atoms with van der Waals surface area (Å²) in [5, 5.41) is 2.32. The van der Waals surface area contributed by atoms with E-state index in [1.807, 2.05) is 13.8 Å². The number of sulfone groups is 1. The van der Waals surface area contributed by atoms with Gasteiger partial charge in [-0.25, -0.2) is 17.6 Å². The van der Waals surface area contributed by atoms with Crippen LogP contribution in [0.25, 0.3) is 11.0 Å². The van der Waals surface area contributed by atoms with Crippen molar-refractivity contribution >= 4 is 26.9 Å². The van der Waals surface area contributed by atoms with Crippen LogP contribution in [-0.2, 0) is 14.6 Å². The first kappa shape index (κ1) is 21.2. The standard InChI is InChI=1S/C19H26FNO5S/c1-11(2)16(21-19(22)25-12(3)4)10-27(23,24)13(5)17-8-14-6-7-15(20)9-18(14)26-17/h6-9,11-13,16H,10H2,1-5H3,(H,21,22)/t13?,16-/m1/s1. The molecule has 2 aromatic rings. The van der Waals surface area contributed by atoms with Gasteiger partial charge in [0.25, 0.3) is 0 Å². The van der Waals surface area contributed by atoms with E-state index in [4.69, 9.17) is 9.15 Å². The average Bonchev–Trinajstić information content (AvgIpc) is 2.95. The predicted octanol–water partition coefficient (Wildman–Crippen LogP) is 4.21. The number of hydrogen-bond donors (Lipinski definition) is 1. The van der Waals surface area contributed by atoms with E-state index >= 15 is 0 Å². The van der Waals surface area contributed by atoms with E-state index in [0.717, 1.165) is 0 Å². The Hall–Kier alpha value is -2.09. The average molecular weight is 399 g/mol. The molecule has 2 rings (SSSR count). The van der Waals surface area contributed by atoms with Crippen molar-refractivity contribution in [3.05, 3.63) is 35.8 Å². The minimum Gasteiger partial charge on any atom is -0.460 e. The van der Waals surface area contributed by atoms with Crippen molar-refractivity contribution in [1.82, 2.24) is 5.32 Å². The summed E-state index contributed by atoms with van der Waals surface area (Å²) in [6.45, 7) is 8.60. The van der Waals surface area contributed by atoms with Crippen molar-refractivity contribution in [2.75, 3.05) is 5.75 Å². The first-order chi connectivity index (χ1) is 12.5. The number of alkyl carbamates (subject to hydrolysis) is 1. The molecule has 0 fully saturated rings. The molecule has 27 heavy (non-hydrogen) atoms. The van der Waals surface area contributed by atoms with Gasteiger partial charge in [0.05, 0.1) is 11.9 Å². The van der Waals surface area contributed by atoms with Crippen LogP contribution in [0.15, 0.2) is 28.7 Å². The third kappa shape index (κ3) is 5.45. The Balaban J connectivity index is 2.19. The summed E-state index contributed by atoms with van der Waals surface area (Å²) in [5.41, 5.74) is 0.297. The first-order valence-electron chi connectivity index (χ1n) is 8.87. The maximum atomic E-state index is 13.3. The van der Waals surface area contributed by atoms with Crippen LogP contribution < -0.4 is 5.32 Å². The molecule has 1 unspecified atom stereocenters. The summed E-state index contributed by atoms with van der Waals surface area (Å²) in [5.74, 6) is -0.587. The Bertz CT molecular complexity index is 904. The molecule has 1 aromatic heterocycles. The van der Waals surface area contributed by atoms with E-state index in [2.05, 4.69) is 5.32 Å². The second-order valence-corrected chi connectivity index (χ2v) is 9.62. The van der Waals surface area contributed by atoms with E-state index in [1.165, 1.54) is 25.1 Å². The molecule has 0 aliphatic heterocycles. The Labute approximate surface area is 159 Å². The molecular weight excluding hydrogens is 373 g/mol. The van der Waals surface area contributed by atoms with Gasteiger partial charge in [-0.1, -0.05) is 13.8 Å². The smallest absolute Gasteiger partial charge is 0.407 e. The van der Waals surface area contributed by atoms with Crippen LogP contribution >= 0.6 is 0 Å². The third-order valence-corrected chi connectivity index (χ3v) is 6.44. The predicted molar refractivity (Wildman–Crippen MR) is 102 cm³/mol. The fourth-order valence-electron chi connectivity index (χ4n) is 2.60. The number of carbonyl (C=O) groups is 1. The molecule has 6 nitrogen and oxygen atoms in total. The molecule has 0 saturated carbocycles. The summed E-state index contributed by atoms with van der Waals surface area (Å²) < 4.78 is 49.6. The van der Waals surface area contributed by atoms with Crippen LogP contribution in [0.3, 0.4) is 0 Å². The molecule has 1 heterocycles. The van der Waals surface area contributed by atoms with Gasteiger partial charge in [-0.05, 0) is 44.9 Å². The maximum absolute atomic E-state index is 13.3. The third-order valence-electron chi connectivity index (χ3n) is 4.30. The summed E-state index contributed by atoms with van der Waals surface area (Å²) >= 11 is 0. The quantitative estimate of drug-likeness (QED) is 0.754. The number of furan rings is 1. The van der Waals surface area contributed by atoms with Crippen LogP contribution in [0.2, 0.25) is 0 Å².